The molecule has 0 rings (SSSR count). The van der Waals surface area contributed by atoms with Crippen molar-refractivity contribution >= 4 is 12.2 Å². The van der Waals surface area contributed by atoms with E-state index in [1.165, 1.54) is 0 Å². The van der Waals surface area contributed by atoms with Crippen molar-refractivity contribution in [3.05, 3.63) is 0 Å². The molecule has 0 N–H and O–H groups in total. The van der Waals surface area contributed by atoms with E-state index in [0.29, 0.717) is 0 Å². The summed E-state index contributed by atoms with van der Waals surface area (Å²) in [5.41, 5.74) is 0. The first-order chi connectivity index (χ1) is 7.73. The monoisotopic (exact) mass is 245 g/mol. The van der Waals surface area contributed by atoms with Gasteiger partial charge in [-0.1, -0.05) is 0 Å². The Bertz CT molecular complexity index is 309. The summed E-state index contributed by atoms with van der Waals surface area (Å²) >= 11 is 0. The first-order valence-electron chi connectivity index (χ1n) is 5.66. The fraction of sp³-hybridized carbons (Fsp3) is 0.818. The van der Waals surface area contributed by atoms with Crippen molar-refractivity contribution in [2.24, 2.45) is 5.11 Å². The van der Waals surface area contributed by atoms with E-state index in [0.717, 1.165) is 4.70 Å². The van der Waals surface area contributed by atoms with Crippen molar-refractivity contribution in [2.75, 3.05) is 0 Å². The van der Waals surface area contributed by atoms with Crippen LogP contribution in [0.2, 0.25) is 0 Å². The number of azo groups is 2. The van der Waals surface area contributed by atoms with Crippen LogP contribution in [-0.4, -0.2) is 35.1 Å². The summed E-state index contributed by atoms with van der Waals surface area (Å²) in [6.45, 7) is 10.3. The van der Waals surface area contributed by atoms with Gasteiger partial charge in [0.2, 0.25) is 0 Å². The molecule has 17 heavy (non-hydrogen) atoms. The summed E-state index contributed by atoms with van der Waals surface area (Å²) in [4.78, 5) is 22.9. The van der Waals surface area contributed by atoms with Crippen molar-refractivity contribution in [3.8, 4) is 0 Å². The quantitative estimate of drug-likeness (QED) is 0.566. The van der Waals surface area contributed by atoms with Gasteiger partial charge in [-0.25, -0.2) is 4.79 Å². The standard InChI is InChI=1S/C11H21N2O4/c1-7(2)13(11(15)17-9(5)6)12-10(14)16-8(3)4/h7-9H,1-6H3/q+1. The molecule has 2 amide bonds. The number of hydrogen-bond donors (Lipinski definition) is 0. The van der Waals surface area contributed by atoms with Gasteiger partial charge in [-0.05, 0) is 32.4 Å². The molecule has 0 aromatic carbocycles. The van der Waals surface area contributed by atoms with E-state index in [1.54, 1.807) is 41.5 Å². The summed E-state index contributed by atoms with van der Waals surface area (Å²) in [5, 5.41) is 3.57. The van der Waals surface area contributed by atoms with E-state index in [9.17, 15) is 9.59 Å². The van der Waals surface area contributed by atoms with Crippen molar-refractivity contribution in [3.63, 3.8) is 0 Å². The molecule has 6 nitrogen and oxygen atoms in total. The van der Waals surface area contributed by atoms with Gasteiger partial charge in [0.05, 0.1) is 11.2 Å². The van der Waals surface area contributed by atoms with E-state index in [-0.39, 0.29) is 18.2 Å². The molecule has 0 fully saturated rings. The van der Waals surface area contributed by atoms with E-state index < -0.39 is 12.2 Å². The maximum Gasteiger partial charge on any atom is 0.623 e. The first-order valence-corrected chi connectivity index (χ1v) is 5.66. The summed E-state index contributed by atoms with van der Waals surface area (Å²) in [6, 6.07) is -0.277. The maximum absolute atomic E-state index is 11.6. The van der Waals surface area contributed by atoms with Gasteiger partial charge in [0.25, 0.3) is 0 Å². The van der Waals surface area contributed by atoms with Crippen molar-refractivity contribution in [1.82, 2.24) is 0 Å². The van der Waals surface area contributed by atoms with Gasteiger partial charge in [-0.15, -0.1) is 0 Å². The highest BCUT2D eigenvalue weighted by atomic mass is 16.6. The lowest BCUT2D eigenvalue weighted by Gasteiger charge is -2.06. The van der Waals surface area contributed by atoms with Crippen LogP contribution in [0.4, 0.5) is 9.59 Å². The first kappa shape index (κ1) is 15.5. The molecule has 0 radical (unpaired) electrons. The van der Waals surface area contributed by atoms with Gasteiger partial charge >= 0.3 is 12.2 Å². The molecule has 0 atom stereocenters. The molecule has 0 aliphatic heterocycles. The number of nitrogens with zero attached hydrogens (tertiary/aromatic N) is 2. The van der Waals surface area contributed by atoms with Gasteiger partial charge in [0, 0.05) is 13.8 Å². The number of hydrogen-bond acceptors (Lipinski definition) is 4. The highest BCUT2D eigenvalue weighted by molar-refractivity contribution is 5.68. The van der Waals surface area contributed by atoms with Crippen LogP contribution in [0.3, 0.4) is 0 Å². The van der Waals surface area contributed by atoms with Crippen molar-refractivity contribution in [2.45, 2.75) is 59.8 Å². The van der Waals surface area contributed by atoms with Crippen LogP contribution < -0.4 is 0 Å². The molecule has 0 bridgehead atoms. The molecule has 0 unspecified atom stereocenters. The maximum atomic E-state index is 11.6. The van der Waals surface area contributed by atoms with E-state index in [2.05, 4.69) is 5.11 Å². The van der Waals surface area contributed by atoms with Crippen molar-refractivity contribution in [1.29, 1.82) is 0 Å². The molecule has 0 saturated carbocycles. The van der Waals surface area contributed by atoms with Gasteiger partial charge in [0.15, 0.2) is 6.04 Å². The Hall–Kier alpha value is -1.46. The summed E-state index contributed by atoms with van der Waals surface area (Å²) < 4.78 is 10.8. The number of ether oxygens (including phenoxy) is 2. The highest BCUT2D eigenvalue weighted by Gasteiger charge is 2.29. The second-order valence-electron chi connectivity index (χ2n) is 4.40. The van der Waals surface area contributed by atoms with Gasteiger partial charge in [0.1, 0.15) is 6.10 Å². The normalized spacial score (nSPS) is 12.2. The Kier molecular flexibility index (Phi) is 6.38. The lowest BCUT2D eigenvalue weighted by molar-refractivity contribution is -0.541. The van der Waals surface area contributed by atoms with Gasteiger partial charge < -0.3 is 9.47 Å². The van der Waals surface area contributed by atoms with Crippen LogP contribution in [-0.2, 0) is 9.47 Å². The largest absolute Gasteiger partial charge is 0.623 e. The van der Waals surface area contributed by atoms with Gasteiger partial charge in [-0.2, -0.15) is 4.79 Å². The zero-order valence-corrected chi connectivity index (χ0v) is 11.3. The second-order valence-corrected chi connectivity index (χ2v) is 4.40. The Morgan fingerprint density at radius 3 is 1.76 bits per heavy atom. The van der Waals surface area contributed by atoms with Crippen LogP contribution in [0.15, 0.2) is 5.11 Å². The topological polar surface area (TPSA) is 68.0 Å². The lowest BCUT2D eigenvalue weighted by Crippen LogP contribution is -2.30. The minimum absolute atomic E-state index is 0.264. The van der Waals surface area contributed by atoms with Crippen LogP contribution in [0.25, 0.3) is 0 Å². The third-order valence-electron chi connectivity index (χ3n) is 1.54. The fourth-order valence-electron chi connectivity index (χ4n) is 0.936. The molecule has 0 aromatic heterocycles. The number of amides is 2. The summed E-state index contributed by atoms with van der Waals surface area (Å²) in [6.07, 6.45) is -1.99. The predicted octanol–water partition coefficient (Wildman–Crippen LogP) is 2.95. The molecule has 0 aliphatic rings. The summed E-state index contributed by atoms with van der Waals surface area (Å²) in [7, 11) is 0. The molecule has 0 aliphatic carbocycles. The smallest absolute Gasteiger partial charge is 0.442 e. The SMILES string of the molecule is CC(C)OC(=O)N=[N+](C(=O)OC(C)C)C(C)C. The zero-order valence-electron chi connectivity index (χ0n) is 11.3. The molecule has 98 valence electrons. The molecule has 0 aromatic rings. The molecule has 0 spiro atoms. The van der Waals surface area contributed by atoms with Crippen LogP contribution in [0.5, 0.6) is 0 Å². The van der Waals surface area contributed by atoms with Crippen molar-refractivity contribution < 1.29 is 23.8 Å². The van der Waals surface area contributed by atoms with Crippen LogP contribution >= 0.6 is 0 Å². The highest BCUT2D eigenvalue weighted by Crippen LogP contribution is 2.01. The third-order valence-corrected chi connectivity index (χ3v) is 1.54. The Labute approximate surface area is 102 Å². The van der Waals surface area contributed by atoms with Crippen LogP contribution in [0, 0.1) is 0 Å². The van der Waals surface area contributed by atoms with E-state index in [1.807, 2.05) is 0 Å². The number of rotatable bonds is 3. The zero-order chi connectivity index (χ0) is 13.6. The van der Waals surface area contributed by atoms with Gasteiger partial charge in [-0.3, -0.25) is 0 Å². The van der Waals surface area contributed by atoms with E-state index >= 15 is 0 Å². The Morgan fingerprint density at radius 1 is 0.941 bits per heavy atom. The lowest BCUT2D eigenvalue weighted by atomic mass is 10.4. The minimum Gasteiger partial charge on any atom is -0.442 e. The number of carbonyl (C=O) groups is 2. The number of carbonyl (C=O) groups excluding carboxylic acids is 2. The van der Waals surface area contributed by atoms with E-state index in [4.69, 9.17) is 9.47 Å². The Morgan fingerprint density at radius 2 is 1.41 bits per heavy atom. The van der Waals surface area contributed by atoms with Crippen LogP contribution in [0.1, 0.15) is 41.5 Å². The summed E-state index contributed by atoms with van der Waals surface area (Å²) in [5.74, 6) is 0. The third kappa shape index (κ3) is 6.65. The molecule has 6 heteroatoms. The fourth-order valence-corrected chi connectivity index (χ4v) is 0.936. The molecular formula is C11H21N2O4+. The average molecular weight is 245 g/mol. The molecule has 0 heterocycles. The minimum atomic E-state index is -0.797. The molecular weight excluding hydrogens is 224 g/mol. The average Bonchev–Trinajstić information content (AvgIpc) is 2.10. The molecule has 0 saturated heterocycles. The predicted molar refractivity (Wildman–Crippen MR) is 61.1 cm³/mol. The second kappa shape index (κ2) is 6.98. The Balaban J connectivity index is 4.79.